The number of ether oxygens (including phenoxy) is 2. The van der Waals surface area contributed by atoms with E-state index in [4.69, 9.17) is 25.2 Å². The summed E-state index contributed by atoms with van der Waals surface area (Å²) in [5.74, 6) is 2.43. The Balaban J connectivity index is 1.62. The molecule has 2 aromatic heterocycles. The number of nitrogens with one attached hydrogen (secondary N) is 1. The molecule has 0 amide bonds. The van der Waals surface area contributed by atoms with Gasteiger partial charge in [-0.3, -0.25) is 9.88 Å². The zero-order valence-corrected chi connectivity index (χ0v) is 18.9. The van der Waals surface area contributed by atoms with Crippen molar-refractivity contribution in [3.63, 3.8) is 0 Å². The van der Waals surface area contributed by atoms with Crippen LogP contribution < -0.4 is 20.5 Å². The third kappa shape index (κ3) is 3.14. The van der Waals surface area contributed by atoms with Gasteiger partial charge in [0.1, 0.15) is 11.5 Å². The Morgan fingerprint density at radius 3 is 2.56 bits per heavy atom. The molecule has 0 aliphatic carbocycles. The number of methoxy groups -OCH3 is 2. The summed E-state index contributed by atoms with van der Waals surface area (Å²) in [6, 6.07) is 22.3. The smallest absolute Gasteiger partial charge is 0.212 e. The lowest BCUT2D eigenvalue weighted by molar-refractivity contribution is 0.397. The predicted molar refractivity (Wildman–Crippen MR) is 134 cm³/mol. The minimum Gasteiger partial charge on any atom is -0.497 e. The number of fused-ring (bicyclic) bond motifs is 4. The number of nitrogens with two attached hydrogens (primary N) is 1. The van der Waals surface area contributed by atoms with E-state index in [1.807, 2.05) is 54.6 Å². The van der Waals surface area contributed by atoms with Crippen molar-refractivity contribution in [1.82, 2.24) is 14.1 Å². The van der Waals surface area contributed by atoms with Gasteiger partial charge in [-0.05, 0) is 17.7 Å². The highest BCUT2D eigenvalue weighted by atomic mass is 16.5. The average molecular weight is 453 g/mol. The van der Waals surface area contributed by atoms with Crippen LogP contribution in [0.2, 0.25) is 0 Å². The second kappa shape index (κ2) is 7.84. The summed E-state index contributed by atoms with van der Waals surface area (Å²) in [5.41, 5.74) is 11.2. The van der Waals surface area contributed by atoms with E-state index in [2.05, 4.69) is 32.8 Å². The van der Waals surface area contributed by atoms with Gasteiger partial charge < -0.3 is 19.8 Å². The highest BCUT2D eigenvalue weighted by molar-refractivity contribution is 5.97. The third-order valence-electron chi connectivity index (χ3n) is 6.22. The van der Waals surface area contributed by atoms with Crippen LogP contribution in [0.1, 0.15) is 17.3 Å². The molecule has 8 nitrogen and oxygen atoms in total. The molecule has 0 spiro atoms. The molecule has 0 fully saturated rings. The van der Waals surface area contributed by atoms with E-state index in [0.717, 1.165) is 39.0 Å². The van der Waals surface area contributed by atoms with Crippen molar-refractivity contribution >= 4 is 33.8 Å². The summed E-state index contributed by atoms with van der Waals surface area (Å²) in [7, 11) is 3.33. The quantitative estimate of drug-likeness (QED) is 0.414. The zero-order valence-electron chi connectivity index (χ0n) is 18.9. The summed E-state index contributed by atoms with van der Waals surface area (Å²) in [6.45, 7) is 0.690. The van der Waals surface area contributed by atoms with Gasteiger partial charge in [0.25, 0.3) is 0 Å². The number of imidazole rings is 1. The van der Waals surface area contributed by atoms with Crippen molar-refractivity contribution in [3.8, 4) is 11.5 Å². The number of hydrogen-bond acceptors (Lipinski definition) is 6. The molecule has 6 rings (SSSR count). The lowest BCUT2D eigenvalue weighted by atomic mass is 10.1. The molecule has 1 atom stereocenters. The zero-order chi connectivity index (χ0) is 23.2. The molecule has 3 aromatic carbocycles. The molecule has 0 bridgehead atoms. The van der Waals surface area contributed by atoms with Gasteiger partial charge >= 0.3 is 0 Å². The predicted octanol–water partition coefficient (Wildman–Crippen LogP) is 4.34. The number of guanidine groups is 1. The van der Waals surface area contributed by atoms with Crippen molar-refractivity contribution in [2.75, 3.05) is 19.5 Å². The van der Waals surface area contributed by atoms with Crippen LogP contribution in [0.25, 0.3) is 21.9 Å². The molecule has 170 valence electrons. The molecule has 8 heteroatoms. The second-order valence-corrected chi connectivity index (χ2v) is 8.23. The van der Waals surface area contributed by atoms with Crippen molar-refractivity contribution in [2.24, 2.45) is 10.7 Å². The molecule has 5 aromatic rings. The van der Waals surface area contributed by atoms with Crippen molar-refractivity contribution in [1.29, 1.82) is 0 Å². The molecular formula is C26H24N6O2. The number of nitrogens with zero attached hydrogens (tertiary/aromatic N) is 4. The van der Waals surface area contributed by atoms with Gasteiger partial charge in [0.15, 0.2) is 12.1 Å². The maximum Gasteiger partial charge on any atom is 0.212 e. The van der Waals surface area contributed by atoms with E-state index in [1.165, 1.54) is 5.56 Å². The Morgan fingerprint density at radius 1 is 0.971 bits per heavy atom. The Morgan fingerprint density at radius 2 is 1.76 bits per heavy atom. The van der Waals surface area contributed by atoms with E-state index in [-0.39, 0.29) is 0 Å². The van der Waals surface area contributed by atoms with Gasteiger partial charge in [0.05, 0.1) is 30.8 Å². The molecule has 3 N–H and O–H groups in total. The summed E-state index contributed by atoms with van der Waals surface area (Å²) in [5, 5.41) is 4.08. The molecule has 0 saturated carbocycles. The van der Waals surface area contributed by atoms with Crippen LogP contribution in [0, 0.1) is 0 Å². The van der Waals surface area contributed by atoms with E-state index < -0.39 is 6.17 Å². The number of benzene rings is 3. The summed E-state index contributed by atoms with van der Waals surface area (Å²) >= 11 is 0. The fraction of sp³-hybridized carbons (Fsp3) is 0.154. The third-order valence-corrected chi connectivity index (χ3v) is 6.22. The Bertz CT molecular complexity index is 1550. The first-order chi connectivity index (χ1) is 16.7. The van der Waals surface area contributed by atoms with E-state index in [1.54, 1.807) is 14.2 Å². The lowest BCUT2D eigenvalue weighted by Crippen LogP contribution is -2.31. The minimum absolute atomic E-state index is 0.323. The highest BCUT2D eigenvalue weighted by Crippen LogP contribution is 2.42. The largest absolute Gasteiger partial charge is 0.497 e. The van der Waals surface area contributed by atoms with Crippen molar-refractivity contribution in [3.05, 3.63) is 84.1 Å². The van der Waals surface area contributed by atoms with Gasteiger partial charge in [-0.25, -0.2) is 9.98 Å². The number of hydrogen-bond donors (Lipinski definition) is 2. The van der Waals surface area contributed by atoms with E-state index in [9.17, 15) is 0 Å². The maximum atomic E-state index is 6.22. The fourth-order valence-electron chi connectivity index (χ4n) is 4.71. The van der Waals surface area contributed by atoms with Crippen LogP contribution in [0.4, 0.5) is 5.95 Å². The first-order valence-corrected chi connectivity index (χ1v) is 11.0. The number of aromatic nitrogens is 3. The van der Waals surface area contributed by atoms with E-state index in [0.29, 0.717) is 18.5 Å². The number of aliphatic imine (C=N–C) groups is 1. The molecule has 34 heavy (non-hydrogen) atoms. The lowest BCUT2D eigenvalue weighted by Gasteiger charge is -2.23. The first kappa shape index (κ1) is 20.2. The normalized spacial score (nSPS) is 15.1. The standard InChI is InChI=1S/C26H24N6O2/c1-33-17-12-21-23(22(13-17)34-2)18(15-31(21)14-16-8-4-3-5-9-16)24-29-25(27)30-26-28-19-10-6-7-11-20(19)32(24)26/h3-13,15,24H,14H2,1-2H3,(H3,27,28,29,30). The average Bonchev–Trinajstić information content (AvgIpc) is 3.41. The summed E-state index contributed by atoms with van der Waals surface area (Å²) in [6.07, 6.45) is 1.72. The summed E-state index contributed by atoms with van der Waals surface area (Å²) < 4.78 is 15.7. The maximum absolute atomic E-state index is 6.22. The van der Waals surface area contributed by atoms with Crippen LogP contribution in [-0.2, 0) is 6.54 Å². The van der Waals surface area contributed by atoms with Crippen molar-refractivity contribution in [2.45, 2.75) is 12.7 Å². The number of anilines is 1. The molecule has 1 unspecified atom stereocenters. The van der Waals surface area contributed by atoms with Gasteiger partial charge in [-0.1, -0.05) is 42.5 Å². The second-order valence-electron chi connectivity index (χ2n) is 8.23. The van der Waals surface area contributed by atoms with Crippen LogP contribution in [0.15, 0.2) is 77.9 Å². The topological polar surface area (TPSA) is 91.6 Å². The number of rotatable bonds is 5. The molecule has 1 aliphatic heterocycles. The SMILES string of the molecule is COc1cc(OC)c2c(C3N=C(N)Nc4nc5ccccc5n43)cn(Cc3ccccc3)c2c1. The molecular weight excluding hydrogens is 428 g/mol. The molecule has 1 aliphatic rings. The van der Waals surface area contributed by atoms with Gasteiger partial charge in [0.2, 0.25) is 5.95 Å². The van der Waals surface area contributed by atoms with Crippen LogP contribution >= 0.6 is 0 Å². The molecule has 3 heterocycles. The Labute approximate surface area is 196 Å². The van der Waals surface area contributed by atoms with Gasteiger partial charge in [-0.15, -0.1) is 0 Å². The van der Waals surface area contributed by atoms with Crippen molar-refractivity contribution < 1.29 is 9.47 Å². The first-order valence-electron chi connectivity index (χ1n) is 11.0. The van der Waals surface area contributed by atoms with Crippen LogP contribution in [-0.4, -0.2) is 34.3 Å². The number of para-hydroxylation sites is 2. The Kier molecular flexibility index (Phi) is 4.65. The van der Waals surface area contributed by atoms with Crippen LogP contribution in [0.5, 0.6) is 11.5 Å². The fourth-order valence-corrected chi connectivity index (χ4v) is 4.71. The van der Waals surface area contributed by atoms with Crippen LogP contribution in [0.3, 0.4) is 0 Å². The molecule has 0 saturated heterocycles. The van der Waals surface area contributed by atoms with E-state index >= 15 is 0 Å². The van der Waals surface area contributed by atoms with Gasteiger partial charge in [-0.2, -0.15) is 0 Å². The Hall–Kier alpha value is -4.46. The monoisotopic (exact) mass is 452 g/mol. The molecule has 0 radical (unpaired) electrons. The highest BCUT2D eigenvalue weighted by Gasteiger charge is 2.29. The summed E-state index contributed by atoms with van der Waals surface area (Å²) in [4.78, 5) is 9.55. The van der Waals surface area contributed by atoms with Gasteiger partial charge in [0, 0.05) is 35.8 Å². The minimum atomic E-state index is -0.412.